The van der Waals surface area contributed by atoms with Crippen LogP contribution in [0, 0.1) is 0 Å². The summed E-state index contributed by atoms with van der Waals surface area (Å²) in [6.07, 6.45) is 14.1. The summed E-state index contributed by atoms with van der Waals surface area (Å²) in [6, 6.07) is 9.13. The van der Waals surface area contributed by atoms with Crippen LogP contribution < -0.4 is 0 Å². The van der Waals surface area contributed by atoms with Gasteiger partial charge in [0.2, 0.25) is 0 Å². The normalized spacial score (nSPS) is 17.6. The van der Waals surface area contributed by atoms with E-state index in [1.807, 2.05) is 0 Å². The standard InChI is InChI=1S/C18H28.Na/c1-2-3-4-5-6-7-11-16-13-10-14-17-12-8-9-15-18(16)17;/h8-9,12,15-16H,2-7,10-11,13-14H2,1H3;. The van der Waals surface area contributed by atoms with Gasteiger partial charge in [-0.05, 0) is 42.7 Å². The monoisotopic (exact) mass is 267 g/mol. The van der Waals surface area contributed by atoms with Crippen LogP contribution in [-0.4, -0.2) is 29.6 Å². The summed E-state index contributed by atoms with van der Waals surface area (Å²) < 4.78 is 0. The number of aryl methyl sites for hydroxylation is 1. The Morgan fingerprint density at radius 1 is 1.00 bits per heavy atom. The molecule has 2 rings (SSSR count). The van der Waals surface area contributed by atoms with Gasteiger partial charge >= 0.3 is 0 Å². The van der Waals surface area contributed by atoms with E-state index in [4.69, 9.17) is 0 Å². The van der Waals surface area contributed by atoms with Gasteiger partial charge in [-0.25, -0.2) is 0 Å². The number of unbranched alkanes of at least 4 members (excludes halogenated alkanes) is 5. The van der Waals surface area contributed by atoms with E-state index in [-0.39, 0.29) is 29.6 Å². The second-order valence-corrected chi connectivity index (χ2v) is 5.84. The molecule has 1 aromatic carbocycles. The number of benzene rings is 1. The van der Waals surface area contributed by atoms with Gasteiger partial charge in [0, 0.05) is 29.6 Å². The number of fused-ring (bicyclic) bond motifs is 1. The Bertz CT molecular complexity index is 345. The van der Waals surface area contributed by atoms with Gasteiger partial charge in [-0.3, -0.25) is 0 Å². The van der Waals surface area contributed by atoms with Crippen LogP contribution in [0.1, 0.15) is 81.8 Å². The summed E-state index contributed by atoms with van der Waals surface area (Å²) >= 11 is 0. The molecule has 0 heterocycles. The topological polar surface area (TPSA) is 0 Å². The zero-order valence-corrected chi connectivity index (χ0v) is 15.0. The number of hydrogen-bond donors (Lipinski definition) is 0. The van der Waals surface area contributed by atoms with Gasteiger partial charge in [0.1, 0.15) is 0 Å². The van der Waals surface area contributed by atoms with E-state index in [2.05, 4.69) is 31.2 Å². The molecule has 1 radical (unpaired) electrons. The third kappa shape index (κ3) is 5.61. The zero-order valence-electron chi connectivity index (χ0n) is 13.0. The molecule has 1 heteroatoms. The molecule has 0 bridgehead atoms. The summed E-state index contributed by atoms with van der Waals surface area (Å²) in [7, 11) is 0. The number of rotatable bonds is 7. The molecule has 0 saturated carbocycles. The SMILES string of the molecule is CCCCCCCCC1CCCc2ccccc21.[Na]. The van der Waals surface area contributed by atoms with Crippen molar-refractivity contribution < 1.29 is 0 Å². The minimum Gasteiger partial charge on any atom is -0.0654 e. The van der Waals surface area contributed by atoms with Gasteiger partial charge in [0.15, 0.2) is 0 Å². The molecule has 1 aromatic rings. The first-order chi connectivity index (χ1) is 8.92. The van der Waals surface area contributed by atoms with Crippen molar-refractivity contribution in [3.63, 3.8) is 0 Å². The van der Waals surface area contributed by atoms with Crippen LogP contribution in [0.5, 0.6) is 0 Å². The van der Waals surface area contributed by atoms with Crippen molar-refractivity contribution in [1.29, 1.82) is 0 Å². The summed E-state index contributed by atoms with van der Waals surface area (Å²) in [5, 5.41) is 0. The molecule has 101 valence electrons. The Kier molecular flexibility index (Phi) is 9.11. The van der Waals surface area contributed by atoms with E-state index in [1.165, 1.54) is 64.2 Å². The van der Waals surface area contributed by atoms with Gasteiger partial charge in [0.25, 0.3) is 0 Å². The van der Waals surface area contributed by atoms with Crippen molar-refractivity contribution in [2.45, 2.75) is 77.0 Å². The van der Waals surface area contributed by atoms with Crippen molar-refractivity contribution in [2.75, 3.05) is 0 Å². The Labute approximate surface area is 141 Å². The molecule has 0 aromatic heterocycles. The third-order valence-corrected chi connectivity index (χ3v) is 4.40. The molecule has 19 heavy (non-hydrogen) atoms. The van der Waals surface area contributed by atoms with Crippen molar-refractivity contribution in [3.8, 4) is 0 Å². The van der Waals surface area contributed by atoms with Gasteiger partial charge in [-0.2, -0.15) is 0 Å². The van der Waals surface area contributed by atoms with Crippen LogP contribution in [0.4, 0.5) is 0 Å². The Hall–Kier alpha value is 0.220. The molecule has 0 saturated heterocycles. The predicted molar refractivity (Wildman–Crippen MR) is 85.9 cm³/mol. The summed E-state index contributed by atoms with van der Waals surface area (Å²) in [6.45, 7) is 2.29. The molecule has 0 fully saturated rings. The quantitative estimate of drug-likeness (QED) is 0.453. The summed E-state index contributed by atoms with van der Waals surface area (Å²) in [5.41, 5.74) is 3.29. The second kappa shape index (κ2) is 10.0. The maximum Gasteiger partial charge on any atom is 0 e. The molecule has 0 spiro atoms. The molecular formula is C18H28Na. The van der Waals surface area contributed by atoms with Crippen LogP contribution in [0.15, 0.2) is 24.3 Å². The van der Waals surface area contributed by atoms with Gasteiger partial charge in [-0.15, -0.1) is 0 Å². The third-order valence-electron chi connectivity index (χ3n) is 4.40. The average Bonchev–Trinajstić information content (AvgIpc) is 2.43. The fourth-order valence-corrected chi connectivity index (χ4v) is 3.33. The minimum atomic E-state index is 0. The van der Waals surface area contributed by atoms with Crippen LogP contribution in [0.25, 0.3) is 0 Å². The smallest absolute Gasteiger partial charge is 0 e. The molecule has 0 aliphatic heterocycles. The number of hydrogen-bond acceptors (Lipinski definition) is 0. The first-order valence-corrected chi connectivity index (χ1v) is 7.99. The van der Waals surface area contributed by atoms with E-state index in [0.29, 0.717) is 0 Å². The van der Waals surface area contributed by atoms with Crippen molar-refractivity contribution in [1.82, 2.24) is 0 Å². The summed E-state index contributed by atoms with van der Waals surface area (Å²) in [5.74, 6) is 0.862. The average molecular weight is 267 g/mol. The molecule has 0 amide bonds. The maximum absolute atomic E-state index is 2.37. The van der Waals surface area contributed by atoms with Crippen LogP contribution in [0.2, 0.25) is 0 Å². The molecule has 1 aliphatic carbocycles. The molecule has 1 unspecified atom stereocenters. The van der Waals surface area contributed by atoms with Crippen molar-refractivity contribution >= 4 is 29.6 Å². The molecular weight excluding hydrogens is 239 g/mol. The molecule has 1 atom stereocenters. The van der Waals surface area contributed by atoms with E-state index in [9.17, 15) is 0 Å². The van der Waals surface area contributed by atoms with E-state index < -0.39 is 0 Å². The Morgan fingerprint density at radius 2 is 1.74 bits per heavy atom. The first kappa shape index (κ1) is 17.3. The van der Waals surface area contributed by atoms with E-state index >= 15 is 0 Å². The fraction of sp³-hybridized carbons (Fsp3) is 0.667. The predicted octanol–water partition coefficient (Wildman–Crippen LogP) is 5.48. The van der Waals surface area contributed by atoms with E-state index in [0.717, 1.165) is 5.92 Å². The van der Waals surface area contributed by atoms with Gasteiger partial charge in [-0.1, -0.05) is 69.7 Å². The van der Waals surface area contributed by atoms with Gasteiger partial charge in [0.05, 0.1) is 0 Å². The van der Waals surface area contributed by atoms with Gasteiger partial charge < -0.3 is 0 Å². The second-order valence-electron chi connectivity index (χ2n) is 5.84. The fourth-order valence-electron chi connectivity index (χ4n) is 3.33. The first-order valence-electron chi connectivity index (χ1n) is 7.99. The van der Waals surface area contributed by atoms with Crippen LogP contribution in [-0.2, 0) is 6.42 Å². The Balaban J connectivity index is 0.00000180. The largest absolute Gasteiger partial charge is 0.0654 e. The molecule has 0 N–H and O–H groups in total. The molecule has 1 aliphatic rings. The van der Waals surface area contributed by atoms with E-state index in [1.54, 1.807) is 11.1 Å². The van der Waals surface area contributed by atoms with Crippen LogP contribution >= 0.6 is 0 Å². The minimum absolute atomic E-state index is 0. The van der Waals surface area contributed by atoms with Crippen LogP contribution in [0.3, 0.4) is 0 Å². The molecule has 0 nitrogen and oxygen atoms in total. The maximum atomic E-state index is 2.37. The van der Waals surface area contributed by atoms with Crippen molar-refractivity contribution in [3.05, 3.63) is 35.4 Å². The summed E-state index contributed by atoms with van der Waals surface area (Å²) in [4.78, 5) is 0. The Morgan fingerprint density at radius 3 is 2.58 bits per heavy atom. The zero-order chi connectivity index (χ0) is 12.6. The van der Waals surface area contributed by atoms with Crippen molar-refractivity contribution in [2.24, 2.45) is 0 Å².